The van der Waals surface area contributed by atoms with Crippen LogP contribution in [-0.2, 0) is 6.54 Å². The second-order valence-corrected chi connectivity index (χ2v) is 5.46. The summed E-state index contributed by atoms with van der Waals surface area (Å²) in [4.78, 5) is 6.70. The molecule has 1 aromatic carbocycles. The number of rotatable bonds is 5. The Morgan fingerprint density at radius 2 is 2.28 bits per heavy atom. The molecule has 1 atom stereocenters. The van der Waals surface area contributed by atoms with Crippen molar-refractivity contribution >= 4 is 28.5 Å². The van der Waals surface area contributed by atoms with Crippen molar-refractivity contribution in [3.05, 3.63) is 24.1 Å². The van der Waals surface area contributed by atoms with E-state index < -0.39 is 0 Å². The van der Waals surface area contributed by atoms with E-state index in [1.54, 1.807) is 0 Å². The highest BCUT2D eigenvalue weighted by Gasteiger charge is 2.13. The predicted molar refractivity (Wildman–Crippen MR) is 77.7 cm³/mol. The van der Waals surface area contributed by atoms with Crippen molar-refractivity contribution in [3.8, 4) is 0 Å². The maximum atomic E-state index is 5.73. The lowest BCUT2D eigenvalue weighted by atomic mass is 10.3. The summed E-state index contributed by atoms with van der Waals surface area (Å²) < 4.78 is 5.71. The molecule has 98 valence electrons. The highest BCUT2D eigenvalue weighted by atomic mass is 32.2. The van der Waals surface area contributed by atoms with Gasteiger partial charge in [-0.3, -0.25) is 4.90 Å². The zero-order chi connectivity index (χ0) is 13.1. The van der Waals surface area contributed by atoms with Gasteiger partial charge in [0.15, 0.2) is 5.58 Å². The van der Waals surface area contributed by atoms with Crippen LogP contribution >= 0.6 is 11.8 Å². The lowest BCUT2D eigenvalue weighted by molar-refractivity contribution is 0.245. The number of fused-ring (bicyclic) bond motifs is 1. The van der Waals surface area contributed by atoms with Crippen LogP contribution in [0, 0.1) is 0 Å². The summed E-state index contributed by atoms with van der Waals surface area (Å²) >= 11 is 1.85. The number of hydrogen-bond acceptors (Lipinski definition) is 5. The normalized spacial score (nSPS) is 13.3. The van der Waals surface area contributed by atoms with Crippen molar-refractivity contribution in [2.75, 3.05) is 24.8 Å². The topological polar surface area (TPSA) is 55.3 Å². The maximum absolute atomic E-state index is 5.73. The summed E-state index contributed by atoms with van der Waals surface area (Å²) in [6.07, 6.45) is 2.12. The molecule has 1 unspecified atom stereocenters. The van der Waals surface area contributed by atoms with Crippen molar-refractivity contribution in [2.24, 2.45) is 0 Å². The van der Waals surface area contributed by atoms with Crippen molar-refractivity contribution < 1.29 is 4.42 Å². The predicted octanol–water partition coefficient (Wildman–Crippen LogP) is 2.59. The average Bonchev–Trinajstić information content (AvgIpc) is 2.70. The van der Waals surface area contributed by atoms with E-state index in [9.17, 15) is 0 Å². The Morgan fingerprint density at radius 3 is 3.00 bits per heavy atom. The molecule has 5 heteroatoms. The molecule has 4 nitrogen and oxygen atoms in total. The van der Waals surface area contributed by atoms with Gasteiger partial charge in [-0.05, 0) is 38.4 Å². The Kier molecular flexibility index (Phi) is 4.14. The summed E-state index contributed by atoms with van der Waals surface area (Å²) in [6, 6.07) is 6.04. The number of nitrogens with two attached hydrogens (primary N) is 1. The van der Waals surface area contributed by atoms with Crippen LogP contribution in [0.3, 0.4) is 0 Å². The van der Waals surface area contributed by atoms with E-state index in [0.717, 1.165) is 29.3 Å². The smallest absolute Gasteiger partial charge is 0.209 e. The monoisotopic (exact) mass is 265 g/mol. The highest BCUT2D eigenvalue weighted by molar-refractivity contribution is 7.98. The van der Waals surface area contributed by atoms with Crippen LogP contribution in [0.25, 0.3) is 11.1 Å². The van der Waals surface area contributed by atoms with Crippen LogP contribution in [0.15, 0.2) is 22.6 Å². The van der Waals surface area contributed by atoms with Gasteiger partial charge in [-0.1, -0.05) is 0 Å². The van der Waals surface area contributed by atoms with Gasteiger partial charge in [0.1, 0.15) is 5.52 Å². The molecule has 1 aromatic heterocycles. The van der Waals surface area contributed by atoms with E-state index in [1.165, 1.54) is 0 Å². The highest BCUT2D eigenvalue weighted by Crippen LogP contribution is 2.19. The maximum Gasteiger partial charge on any atom is 0.209 e. The molecule has 0 aliphatic carbocycles. The molecule has 0 aliphatic rings. The fourth-order valence-corrected chi connectivity index (χ4v) is 2.53. The standard InChI is InChI=1S/C13H19N3OS/c1-9(8-18-3)16(2)7-13-15-11-6-10(14)4-5-12(11)17-13/h4-6,9H,7-8,14H2,1-3H3. The van der Waals surface area contributed by atoms with E-state index in [2.05, 4.69) is 30.1 Å². The molecule has 0 amide bonds. The Labute approximate surface area is 112 Å². The van der Waals surface area contributed by atoms with Crippen molar-refractivity contribution in [1.82, 2.24) is 9.88 Å². The van der Waals surface area contributed by atoms with Gasteiger partial charge in [0.25, 0.3) is 0 Å². The molecule has 1 heterocycles. The fourth-order valence-electron chi connectivity index (χ4n) is 1.80. The molecule has 0 radical (unpaired) electrons. The molecule has 0 bridgehead atoms. The van der Waals surface area contributed by atoms with Gasteiger partial charge in [-0.2, -0.15) is 11.8 Å². The molecule has 0 aliphatic heterocycles. The second-order valence-electron chi connectivity index (χ2n) is 4.55. The number of thioether (sulfide) groups is 1. The van der Waals surface area contributed by atoms with Crippen LogP contribution in [-0.4, -0.2) is 35.0 Å². The molecule has 0 spiro atoms. The van der Waals surface area contributed by atoms with Crippen LogP contribution in [0.1, 0.15) is 12.8 Å². The zero-order valence-corrected chi connectivity index (χ0v) is 11.8. The first-order chi connectivity index (χ1) is 8.60. The lowest BCUT2D eigenvalue weighted by Gasteiger charge is -2.22. The van der Waals surface area contributed by atoms with Gasteiger partial charge >= 0.3 is 0 Å². The first-order valence-electron chi connectivity index (χ1n) is 5.94. The van der Waals surface area contributed by atoms with Gasteiger partial charge in [-0.25, -0.2) is 4.98 Å². The summed E-state index contributed by atoms with van der Waals surface area (Å²) in [7, 11) is 2.09. The van der Waals surface area contributed by atoms with Crippen LogP contribution < -0.4 is 5.73 Å². The minimum atomic E-state index is 0.500. The number of nitrogen functional groups attached to an aromatic ring is 1. The largest absolute Gasteiger partial charge is 0.439 e. The number of aromatic nitrogens is 1. The number of anilines is 1. The first-order valence-corrected chi connectivity index (χ1v) is 7.33. The van der Waals surface area contributed by atoms with Crippen LogP contribution in [0.4, 0.5) is 5.69 Å². The molecule has 2 rings (SSSR count). The van der Waals surface area contributed by atoms with Crippen LogP contribution in [0.5, 0.6) is 0 Å². The first kappa shape index (κ1) is 13.2. The molecule has 0 fully saturated rings. The zero-order valence-electron chi connectivity index (χ0n) is 11.0. The fraction of sp³-hybridized carbons (Fsp3) is 0.462. The van der Waals surface area contributed by atoms with E-state index in [1.807, 2.05) is 30.0 Å². The van der Waals surface area contributed by atoms with Gasteiger partial charge in [0, 0.05) is 17.5 Å². The molecule has 0 saturated carbocycles. The Morgan fingerprint density at radius 1 is 1.50 bits per heavy atom. The molecule has 0 saturated heterocycles. The number of benzene rings is 1. The molecule has 18 heavy (non-hydrogen) atoms. The second kappa shape index (κ2) is 5.63. The van der Waals surface area contributed by atoms with E-state index in [0.29, 0.717) is 11.7 Å². The van der Waals surface area contributed by atoms with E-state index in [-0.39, 0.29) is 0 Å². The SMILES string of the molecule is CSCC(C)N(C)Cc1nc2cc(N)ccc2o1. The Bertz CT molecular complexity index is 526. The number of oxazole rings is 1. The average molecular weight is 265 g/mol. The minimum absolute atomic E-state index is 0.500. The Hall–Kier alpha value is -1.20. The number of hydrogen-bond donors (Lipinski definition) is 1. The van der Waals surface area contributed by atoms with Crippen LogP contribution in [0.2, 0.25) is 0 Å². The molecule has 2 aromatic rings. The molecule has 2 N–H and O–H groups in total. The van der Waals surface area contributed by atoms with Gasteiger partial charge in [-0.15, -0.1) is 0 Å². The van der Waals surface area contributed by atoms with Gasteiger partial charge in [0.2, 0.25) is 5.89 Å². The lowest BCUT2D eigenvalue weighted by Crippen LogP contribution is -2.30. The third-order valence-electron chi connectivity index (χ3n) is 3.00. The van der Waals surface area contributed by atoms with E-state index in [4.69, 9.17) is 10.2 Å². The third-order valence-corrected chi connectivity index (χ3v) is 3.82. The summed E-state index contributed by atoms with van der Waals surface area (Å²) in [5, 5.41) is 0. The summed E-state index contributed by atoms with van der Waals surface area (Å²) in [5.41, 5.74) is 8.07. The summed E-state index contributed by atoms with van der Waals surface area (Å²) in [6.45, 7) is 2.92. The molecular formula is C13H19N3OS. The minimum Gasteiger partial charge on any atom is -0.439 e. The number of nitrogens with zero attached hydrogens (tertiary/aromatic N) is 2. The van der Waals surface area contributed by atoms with Crippen molar-refractivity contribution in [2.45, 2.75) is 19.5 Å². The third kappa shape index (κ3) is 2.97. The Balaban J connectivity index is 2.12. The van der Waals surface area contributed by atoms with Gasteiger partial charge in [0.05, 0.1) is 6.54 Å². The van der Waals surface area contributed by atoms with Gasteiger partial charge < -0.3 is 10.2 Å². The van der Waals surface area contributed by atoms with E-state index >= 15 is 0 Å². The van der Waals surface area contributed by atoms with Crippen molar-refractivity contribution in [1.29, 1.82) is 0 Å². The van der Waals surface area contributed by atoms with Crippen molar-refractivity contribution in [3.63, 3.8) is 0 Å². The summed E-state index contributed by atoms with van der Waals surface area (Å²) in [5.74, 6) is 1.84. The quantitative estimate of drug-likeness (QED) is 0.842. The molecular weight excluding hydrogens is 246 g/mol.